The molecule has 0 aliphatic rings. The van der Waals surface area contributed by atoms with Crippen LogP contribution in [-0.2, 0) is 9.47 Å². The van der Waals surface area contributed by atoms with Crippen LogP contribution in [0.15, 0.2) is 12.7 Å². The molecular weight excluding hydrogens is 168 g/mol. The topological polar surface area (TPSA) is 35.5 Å². The third-order valence-corrected chi connectivity index (χ3v) is 1.27. The first-order chi connectivity index (χ1) is 5.20. The average molecular weight is 179 g/mol. The number of carbonyl (C=O) groups is 1. The lowest BCUT2D eigenvalue weighted by molar-refractivity contribution is 0.0424. The fourth-order valence-electron chi connectivity index (χ4n) is 0.357. The molecule has 0 fully saturated rings. The van der Waals surface area contributed by atoms with E-state index in [2.05, 4.69) is 16.1 Å². The molecule has 0 saturated carbocycles. The molecule has 0 aromatic rings. The highest BCUT2D eigenvalue weighted by molar-refractivity contribution is 6.18. The predicted molar refractivity (Wildman–Crippen MR) is 42.8 cm³/mol. The van der Waals surface area contributed by atoms with Crippen LogP contribution in [0.2, 0.25) is 0 Å². The van der Waals surface area contributed by atoms with Crippen molar-refractivity contribution < 1.29 is 14.3 Å². The molecule has 0 bridgehead atoms. The molecule has 1 atom stereocenters. The van der Waals surface area contributed by atoms with Crippen LogP contribution in [0.3, 0.4) is 0 Å². The van der Waals surface area contributed by atoms with E-state index in [-0.39, 0.29) is 18.6 Å². The number of hydrogen-bond donors (Lipinski definition) is 0. The summed E-state index contributed by atoms with van der Waals surface area (Å²) < 4.78 is 9.19. The van der Waals surface area contributed by atoms with E-state index in [0.717, 1.165) is 0 Å². The maximum atomic E-state index is 10.6. The standard InChI is InChI=1S/C7H11ClO3/c1-3-4-10-7(9)11-6(2)5-8/h3,6H,1,4-5H2,2H3. The highest BCUT2D eigenvalue weighted by atomic mass is 35.5. The maximum absolute atomic E-state index is 10.6. The maximum Gasteiger partial charge on any atom is 0.508 e. The van der Waals surface area contributed by atoms with Gasteiger partial charge in [0.15, 0.2) is 0 Å². The zero-order valence-corrected chi connectivity index (χ0v) is 7.13. The van der Waals surface area contributed by atoms with Crippen molar-refractivity contribution in [2.24, 2.45) is 0 Å². The van der Waals surface area contributed by atoms with E-state index in [9.17, 15) is 4.79 Å². The first-order valence-electron chi connectivity index (χ1n) is 3.21. The Labute approximate surface area is 70.9 Å². The summed E-state index contributed by atoms with van der Waals surface area (Å²) in [5, 5.41) is 0. The number of rotatable bonds is 4. The second-order valence-corrected chi connectivity index (χ2v) is 2.24. The smallest absolute Gasteiger partial charge is 0.430 e. The number of carbonyl (C=O) groups excluding carboxylic acids is 1. The summed E-state index contributed by atoms with van der Waals surface area (Å²) in [6.07, 6.45) is 0.444. The minimum Gasteiger partial charge on any atom is -0.430 e. The van der Waals surface area contributed by atoms with Crippen LogP contribution in [-0.4, -0.2) is 24.7 Å². The van der Waals surface area contributed by atoms with Gasteiger partial charge in [0.2, 0.25) is 0 Å². The quantitative estimate of drug-likeness (QED) is 0.375. The molecular formula is C7H11ClO3. The SMILES string of the molecule is C=CCOC(=O)OC(C)CCl. The normalized spacial score (nSPS) is 11.8. The molecule has 0 aliphatic heterocycles. The van der Waals surface area contributed by atoms with Gasteiger partial charge >= 0.3 is 6.16 Å². The number of halogens is 1. The van der Waals surface area contributed by atoms with Crippen LogP contribution in [0.25, 0.3) is 0 Å². The van der Waals surface area contributed by atoms with E-state index in [4.69, 9.17) is 11.6 Å². The van der Waals surface area contributed by atoms with Crippen LogP contribution >= 0.6 is 11.6 Å². The Balaban J connectivity index is 3.43. The van der Waals surface area contributed by atoms with Crippen LogP contribution in [0.1, 0.15) is 6.92 Å². The van der Waals surface area contributed by atoms with Gasteiger partial charge < -0.3 is 9.47 Å². The van der Waals surface area contributed by atoms with Crippen LogP contribution in [0.5, 0.6) is 0 Å². The second kappa shape index (κ2) is 6.04. The van der Waals surface area contributed by atoms with Gasteiger partial charge in [0.25, 0.3) is 0 Å². The average Bonchev–Trinajstić information content (AvgIpc) is 2.00. The minimum atomic E-state index is -0.710. The van der Waals surface area contributed by atoms with Gasteiger partial charge in [-0.2, -0.15) is 0 Å². The summed E-state index contributed by atoms with van der Waals surface area (Å²) in [7, 11) is 0. The Morgan fingerprint density at radius 3 is 2.91 bits per heavy atom. The Kier molecular flexibility index (Phi) is 5.65. The van der Waals surface area contributed by atoms with Gasteiger partial charge in [0, 0.05) is 0 Å². The molecule has 0 aliphatic carbocycles. The summed E-state index contributed by atoms with van der Waals surface area (Å²) in [6.45, 7) is 5.22. The van der Waals surface area contributed by atoms with Gasteiger partial charge in [0.05, 0.1) is 5.88 Å². The lowest BCUT2D eigenvalue weighted by Gasteiger charge is -2.08. The largest absolute Gasteiger partial charge is 0.508 e. The molecule has 0 spiro atoms. The Hall–Kier alpha value is -0.700. The summed E-state index contributed by atoms with van der Waals surface area (Å²) in [5.74, 6) is 0.267. The minimum absolute atomic E-state index is 0.161. The summed E-state index contributed by atoms with van der Waals surface area (Å²) >= 11 is 5.38. The molecule has 3 nitrogen and oxygen atoms in total. The Morgan fingerprint density at radius 2 is 2.45 bits per heavy atom. The predicted octanol–water partition coefficient (Wildman–Crippen LogP) is 1.95. The van der Waals surface area contributed by atoms with Crippen molar-refractivity contribution in [1.82, 2.24) is 0 Å². The number of hydrogen-bond acceptors (Lipinski definition) is 3. The molecule has 0 saturated heterocycles. The molecule has 0 heterocycles. The highest BCUT2D eigenvalue weighted by Gasteiger charge is 2.07. The molecule has 1 unspecified atom stereocenters. The monoisotopic (exact) mass is 178 g/mol. The van der Waals surface area contributed by atoms with Crippen LogP contribution in [0, 0.1) is 0 Å². The van der Waals surface area contributed by atoms with Crippen molar-refractivity contribution in [3.05, 3.63) is 12.7 Å². The third kappa shape index (κ3) is 5.73. The molecule has 4 heteroatoms. The van der Waals surface area contributed by atoms with Gasteiger partial charge in [-0.1, -0.05) is 12.7 Å². The molecule has 11 heavy (non-hydrogen) atoms. The highest BCUT2D eigenvalue weighted by Crippen LogP contribution is 1.96. The molecule has 0 aromatic heterocycles. The van der Waals surface area contributed by atoms with Gasteiger partial charge in [-0.05, 0) is 6.92 Å². The molecule has 0 N–H and O–H groups in total. The Bertz CT molecular complexity index is 136. The number of ether oxygens (including phenoxy) is 2. The fraction of sp³-hybridized carbons (Fsp3) is 0.571. The van der Waals surface area contributed by atoms with Crippen molar-refractivity contribution in [3.63, 3.8) is 0 Å². The van der Waals surface area contributed by atoms with Gasteiger partial charge in [-0.25, -0.2) is 4.79 Å². The Morgan fingerprint density at radius 1 is 1.82 bits per heavy atom. The molecule has 64 valence electrons. The summed E-state index contributed by atoms with van der Waals surface area (Å²) in [5.41, 5.74) is 0. The molecule has 0 aromatic carbocycles. The fourth-order valence-corrected chi connectivity index (χ4v) is 0.420. The van der Waals surface area contributed by atoms with Crippen molar-refractivity contribution in [3.8, 4) is 0 Å². The van der Waals surface area contributed by atoms with Crippen molar-refractivity contribution >= 4 is 17.8 Å². The molecule has 0 radical (unpaired) electrons. The van der Waals surface area contributed by atoms with Crippen molar-refractivity contribution in [1.29, 1.82) is 0 Å². The van der Waals surface area contributed by atoms with E-state index >= 15 is 0 Å². The lowest BCUT2D eigenvalue weighted by atomic mass is 10.5. The molecule has 0 rings (SSSR count). The van der Waals surface area contributed by atoms with Crippen LogP contribution < -0.4 is 0 Å². The van der Waals surface area contributed by atoms with Crippen molar-refractivity contribution in [2.75, 3.05) is 12.5 Å². The lowest BCUT2D eigenvalue weighted by Crippen LogP contribution is -2.17. The first kappa shape index (κ1) is 10.3. The third-order valence-electron chi connectivity index (χ3n) is 0.834. The van der Waals surface area contributed by atoms with Gasteiger partial charge in [-0.3, -0.25) is 0 Å². The van der Waals surface area contributed by atoms with Crippen LogP contribution in [0.4, 0.5) is 4.79 Å². The van der Waals surface area contributed by atoms with Crippen molar-refractivity contribution in [2.45, 2.75) is 13.0 Å². The zero-order chi connectivity index (χ0) is 8.69. The van der Waals surface area contributed by atoms with Gasteiger partial charge in [-0.15, -0.1) is 11.6 Å². The summed E-state index contributed by atoms with van der Waals surface area (Å²) in [4.78, 5) is 10.6. The van der Waals surface area contributed by atoms with E-state index in [1.165, 1.54) is 6.08 Å². The summed E-state index contributed by atoms with van der Waals surface area (Å²) in [6, 6.07) is 0. The molecule has 0 amide bonds. The zero-order valence-electron chi connectivity index (χ0n) is 6.38. The number of alkyl halides is 1. The second-order valence-electron chi connectivity index (χ2n) is 1.93. The van der Waals surface area contributed by atoms with E-state index < -0.39 is 6.16 Å². The first-order valence-corrected chi connectivity index (χ1v) is 3.74. The van der Waals surface area contributed by atoms with Gasteiger partial charge in [0.1, 0.15) is 12.7 Å². The van der Waals surface area contributed by atoms with E-state index in [1.54, 1.807) is 6.92 Å². The van der Waals surface area contributed by atoms with E-state index in [0.29, 0.717) is 0 Å². The van der Waals surface area contributed by atoms with E-state index in [1.807, 2.05) is 0 Å².